The minimum atomic E-state index is 0.330. The van der Waals surface area contributed by atoms with Crippen molar-refractivity contribution in [2.75, 3.05) is 0 Å². The van der Waals surface area contributed by atoms with Crippen LogP contribution < -0.4 is 0 Å². The normalized spacial score (nSPS) is 11.1. The number of aryl methyl sites for hydroxylation is 2. The summed E-state index contributed by atoms with van der Waals surface area (Å²) < 4.78 is 3.84. The van der Waals surface area contributed by atoms with Gasteiger partial charge in [-0.2, -0.15) is 10.2 Å². The topological polar surface area (TPSA) is 35.1 Å². The van der Waals surface area contributed by atoms with Gasteiger partial charge in [-0.05, 0) is 37.1 Å². The molecule has 0 radical (unpaired) electrons. The molecule has 0 saturated heterocycles. The highest BCUT2D eigenvalue weighted by Gasteiger charge is 2.13. The van der Waals surface area contributed by atoms with Crippen molar-refractivity contribution in [3.05, 3.63) is 65.7 Å². The molecule has 0 amide bonds. The molecule has 0 spiro atoms. The van der Waals surface area contributed by atoms with Crippen molar-refractivity contribution in [3.8, 4) is 34.1 Å². The molecular formula is C24H24N4. The zero-order valence-corrected chi connectivity index (χ0v) is 17.0. The molecule has 4 nitrogen and oxygen atoms in total. The molecule has 140 valence electrons. The lowest BCUT2D eigenvalue weighted by Crippen LogP contribution is -1.92. The Balaban J connectivity index is 1.80. The van der Waals surface area contributed by atoms with Crippen molar-refractivity contribution in [2.45, 2.75) is 27.7 Å². The van der Waals surface area contributed by atoms with Gasteiger partial charge >= 0.3 is 0 Å². The number of nitrogens with zero attached hydrogens (tertiary/aromatic N) is 4. The number of hydrogen-bond donors (Lipinski definition) is 0. The Morgan fingerprint density at radius 2 is 1.71 bits per heavy atom. The highest BCUT2D eigenvalue weighted by molar-refractivity contribution is 5.85. The van der Waals surface area contributed by atoms with Crippen LogP contribution in [0, 0.1) is 31.6 Å². The number of aromatic nitrogens is 4. The molecule has 4 heteroatoms. The van der Waals surface area contributed by atoms with Crippen molar-refractivity contribution in [1.29, 1.82) is 0 Å². The van der Waals surface area contributed by atoms with Gasteiger partial charge in [0, 0.05) is 36.0 Å². The number of fused-ring (bicyclic) bond motifs is 1. The molecule has 0 bridgehead atoms. The fourth-order valence-corrected chi connectivity index (χ4v) is 3.59. The largest absolute Gasteiger partial charge is 0.272 e. The van der Waals surface area contributed by atoms with Crippen LogP contribution in [0.1, 0.15) is 30.8 Å². The van der Waals surface area contributed by atoms with Crippen LogP contribution in [0.5, 0.6) is 0 Å². The van der Waals surface area contributed by atoms with E-state index in [1.165, 1.54) is 16.8 Å². The van der Waals surface area contributed by atoms with Crippen LogP contribution in [0.25, 0.3) is 27.8 Å². The summed E-state index contributed by atoms with van der Waals surface area (Å²) in [5.41, 5.74) is 8.91. The zero-order valence-electron chi connectivity index (χ0n) is 17.0. The van der Waals surface area contributed by atoms with Crippen molar-refractivity contribution in [1.82, 2.24) is 19.4 Å². The number of pyridine rings is 1. The second-order valence-corrected chi connectivity index (χ2v) is 7.44. The van der Waals surface area contributed by atoms with Gasteiger partial charge in [0.1, 0.15) is 0 Å². The van der Waals surface area contributed by atoms with Gasteiger partial charge < -0.3 is 0 Å². The maximum absolute atomic E-state index is 4.53. The van der Waals surface area contributed by atoms with Crippen molar-refractivity contribution < 1.29 is 0 Å². The fraction of sp³-hybridized carbons (Fsp3) is 0.250. The Morgan fingerprint density at radius 1 is 1.00 bits per heavy atom. The summed E-state index contributed by atoms with van der Waals surface area (Å²) in [5.74, 6) is 6.91. The molecular weight excluding hydrogens is 344 g/mol. The quantitative estimate of drug-likeness (QED) is 0.465. The molecule has 0 N–H and O–H groups in total. The molecule has 4 rings (SSSR count). The summed E-state index contributed by atoms with van der Waals surface area (Å²) in [6.45, 7) is 8.37. The summed E-state index contributed by atoms with van der Waals surface area (Å²) in [6.07, 6.45) is 3.89. The van der Waals surface area contributed by atoms with Crippen molar-refractivity contribution in [3.63, 3.8) is 0 Å². The van der Waals surface area contributed by atoms with E-state index in [2.05, 4.69) is 80.1 Å². The minimum Gasteiger partial charge on any atom is -0.272 e. The highest BCUT2D eigenvalue weighted by atomic mass is 15.3. The van der Waals surface area contributed by atoms with Gasteiger partial charge in [-0.1, -0.05) is 50.0 Å². The maximum Gasteiger partial charge on any atom is 0.0896 e. The molecule has 4 aromatic rings. The second-order valence-electron chi connectivity index (χ2n) is 7.44. The van der Waals surface area contributed by atoms with Crippen LogP contribution in [0.4, 0.5) is 0 Å². The summed E-state index contributed by atoms with van der Waals surface area (Å²) in [7, 11) is 1.99. The smallest absolute Gasteiger partial charge is 0.0896 e. The first-order valence-electron chi connectivity index (χ1n) is 9.54. The van der Waals surface area contributed by atoms with Crippen LogP contribution in [0.2, 0.25) is 0 Å². The Hall–Kier alpha value is -3.32. The van der Waals surface area contributed by atoms with Crippen LogP contribution in [0.3, 0.4) is 0 Å². The lowest BCUT2D eigenvalue weighted by molar-refractivity contribution is 0.731. The second kappa shape index (κ2) is 7.01. The van der Waals surface area contributed by atoms with E-state index in [1.807, 2.05) is 34.7 Å². The van der Waals surface area contributed by atoms with Gasteiger partial charge in [0.25, 0.3) is 0 Å². The van der Waals surface area contributed by atoms with E-state index in [9.17, 15) is 0 Å². The Labute approximate surface area is 165 Å². The molecule has 0 aliphatic heterocycles. The summed E-state index contributed by atoms with van der Waals surface area (Å²) in [4.78, 5) is 0. The van der Waals surface area contributed by atoms with Crippen molar-refractivity contribution in [2.24, 2.45) is 13.0 Å². The Kier molecular flexibility index (Phi) is 4.52. The van der Waals surface area contributed by atoms with Crippen LogP contribution in [0.15, 0.2) is 48.8 Å². The SMILES string of the molecule is Cc1nn(C)c(C)c1-c1ccc(-c2cnn3cccc(C#CC(C)C)c23)cc1. The van der Waals surface area contributed by atoms with Gasteiger partial charge in [0.2, 0.25) is 0 Å². The number of rotatable bonds is 2. The summed E-state index contributed by atoms with van der Waals surface area (Å²) in [5, 5.41) is 9.07. The van der Waals surface area contributed by atoms with E-state index in [0.717, 1.165) is 27.9 Å². The third-order valence-electron chi connectivity index (χ3n) is 5.03. The molecule has 28 heavy (non-hydrogen) atoms. The fourth-order valence-electron chi connectivity index (χ4n) is 3.59. The van der Waals surface area contributed by atoms with E-state index >= 15 is 0 Å². The highest BCUT2D eigenvalue weighted by Crippen LogP contribution is 2.31. The van der Waals surface area contributed by atoms with Crippen LogP contribution >= 0.6 is 0 Å². The van der Waals surface area contributed by atoms with Crippen LogP contribution in [-0.2, 0) is 7.05 Å². The maximum atomic E-state index is 4.53. The van der Waals surface area contributed by atoms with Gasteiger partial charge in [-0.3, -0.25) is 4.68 Å². The molecule has 0 unspecified atom stereocenters. The average molecular weight is 368 g/mol. The van der Waals surface area contributed by atoms with Gasteiger partial charge in [-0.25, -0.2) is 4.52 Å². The average Bonchev–Trinajstić information content (AvgIpc) is 3.21. The van der Waals surface area contributed by atoms with E-state index < -0.39 is 0 Å². The predicted molar refractivity (Wildman–Crippen MR) is 114 cm³/mol. The Morgan fingerprint density at radius 3 is 2.36 bits per heavy atom. The molecule has 0 saturated carbocycles. The van der Waals surface area contributed by atoms with E-state index in [0.29, 0.717) is 5.92 Å². The molecule has 0 aliphatic rings. The van der Waals surface area contributed by atoms with E-state index in [4.69, 9.17) is 0 Å². The van der Waals surface area contributed by atoms with Crippen molar-refractivity contribution >= 4 is 5.52 Å². The standard InChI is InChI=1S/C24H24N4/c1-16(2)8-9-21-7-6-14-28-24(21)22(15-25-28)19-10-12-20(13-11-19)23-17(3)26-27(5)18(23)4/h6-7,10-16H,1-5H3. The van der Waals surface area contributed by atoms with E-state index in [-0.39, 0.29) is 0 Å². The predicted octanol–water partition coefficient (Wildman–Crippen LogP) is 5.03. The molecule has 0 aliphatic carbocycles. The Bertz CT molecular complexity index is 1210. The third kappa shape index (κ3) is 3.10. The van der Waals surface area contributed by atoms with Crippen LogP contribution in [-0.4, -0.2) is 19.4 Å². The van der Waals surface area contributed by atoms with Gasteiger partial charge in [-0.15, -0.1) is 0 Å². The molecule has 3 heterocycles. The lowest BCUT2D eigenvalue weighted by Gasteiger charge is -2.06. The first-order chi connectivity index (χ1) is 13.5. The molecule has 3 aromatic heterocycles. The minimum absolute atomic E-state index is 0.330. The monoisotopic (exact) mass is 368 g/mol. The third-order valence-corrected chi connectivity index (χ3v) is 5.03. The summed E-state index contributed by atoms with van der Waals surface area (Å²) >= 11 is 0. The molecule has 1 aromatic carbocycles. The molecule has 0 fully saturated rings. The molecule has 0 atom stereocenters. The number of hydrogen-bond acceptors (Lipinski definition) is 2. The van der Waals surface area contributed by atoms with Gasteiger partial charge in [0.05, 0.1) is 23.0 Å². The first-order valence-corrected chi connectivity index (χ1v) is 9.54. The zero-order chi connectivity index (χ0) is 19.8. The summed E-state index contributed by atoms with van der Waals surface area (Å²) in [6, 6.07) is 12.7. The number of benzene rings is 1. The first kappa shape index (κ1) is 18.1. The lowest BCUT2D eigenvalue weighted by atomic mass is 9.99. The van der Waals surface area contributed by atoms with Gasteiger partial charge in [0.15, 0.2) is 0 Å². The van der Waals surface area contributed by atoms with E-state index in [1.54, 1.807) is 0 Å².